The van der Waals surface area contributed by atoms with Gasteiger partial charge < -0.3 is 15.0 Å². The maximum Gasteiger partial charge on any atom is 0.243 e. The molecule has 2 rings (SSSR count). The number of ether oxygens (including phenoxy) is 1. The fourth-order valence-electron chi connectivity index (χ4n) is 3.35. The van der Waals surface area contributed by atoms with Crippen LogP contribution in [0.15, 0.2) is 42.5 Å². The number of hydrogen-bond acceptors (Lipinski definition) is 3. The summed E-state index contributed by atoms with van der Waals surface area (Å²) < 4.78 is 5.74. The Bertz CT molecular complexity index is 880. The first-order chi connectivity index (χ1) is 15.2. The van der Waals surface area contributed by atoms with Gasteiger partial charge in [-0.15, -0.1) is 0 Å². The molecule has 0 heterocycles. The highest BCUT2D eigenvalue weighted by Gasteiger charge is 2.29. The Balaban J connectivity index is 2.12. The highest BCUT2D eigenvalue weighted by atomic mass is 35.5. The number of nitrogens with zero attached hydrogens (tertiary/aromatic N) is 1. The van der Waals surface area contributed by atoms with E-state index >= 15 is 0 Å². The third-order valence-corrected chi connectivity index (χ3v) is 5.74. The van der Waals surface area contributed by atoms with E-state index in [4.69, 9.17) is 27.9 Å². The topological polar surface area (TPSA) is 58.6 Å². The summed E-state index contributed by atoms with van der Waals surface area (Å²) in [6.45, 7) is 8.26. The number of benzene rings is 2. The first-order valence-electron chi connectivity index (χ1n) is 10.9. The summed E-state index contributed by atoms with van der Waals surface area (Å²) in [5.74, 6) is 0.444. The van der Waals surface area contributed by atoms with Gasteiger partial charge in [-0.05, 0) is 57.9 Å². The summed E-state index contributed by atoms with van der Waals surface area (Å²) in [7, 11) is 0. The summed E-state index contributed by atoms with van der Waals surface area (Å²) in [5.41, 5.74) is 1.79. The van der Waals surface area contributed by atoms with Crippen LogP contribution in [0.5, 0.6) is 5.75 Å². The predicted molar refractivity (Wildman–Crippen MR) is 130 cm³/mol. The number of rotatable bonds is 11. The van der Waals surface area contributed by atoms with E-state index in [2.05, 4.69) is 5.32 Å². The van der Waals surface area contributed by atoms with E-state index in [1.54, 1.807) is 23.1 Å². The van der Waals surface area contributed by atoms with Gasteiger partial charge in [0.25, 0.3) is 0 Å². The molecule has 174 valence electrons. The molecular formula is C25H32Cl2N2O3. The molecule has 0 aromatic heterocycles. The van der Waals surface area contributed by atoms with Gasteiger partial charge in [-0.3, -0.25) is 9.59 Å². The van der Waals surface area contributed by atoms with Crippen molar-refractivity contribution in [3.8, 4) is 5.75 Å². The minimum absolute atomic E-state index is 0.0275. The molecule has 7 heteroatoms. The Morgan fingerprint density at radius 3 is 2.25 bits per heavy atom. The summed E-state index contributed by atoms with van der Waals surface area (Å²) in [5, 5.41) is 3.85. The Morgan fingerprint density at radius 2 is 1.69 bits per heavy atom. The van der Waals surface area contributed by atoms with Gasteiger partial charge >= 0.3 is 0 Å². The molecule has 0 fully saturated rings. The molecule has 0 bridgehead atoms. The molecule has 5 nitrogen and oxygen atoms in total. The first kappa shape index (κ1) is 26.0. The van der Waals surface area contributed by atoms with Crippen LogP contribution in [-0.4, -0.2) is 35.4 Å². The van der Waals surface area contributed by atoms with E-state index in [1.807, 2.05) is 52.0 Å². The zero-order chi connectivity index (χ0) is 23.7. The quantitative estimate of drug-likeness (QED) is 0.415. The number of carbonyl (C=O) groups is 2. The van der Waals surface area contributed by atoms with Crippen molar-refractivity contribution in [1.29, 1.82) is 0 Å². The smallest absolute Gasteiger partial charge is 0.243 e. The molecule has 0 radical (unpaired) electrons. The maximum absolute atomic E-state index is 13.2. The van der Waals surface area contributed by atoms with Gasteiger partial charge in [0.2, 0.25) is 11.8 Å². The number of amides is 2. The van der Waals surface area contributed by atoms with Crippen molar-refractivity contribution in [1.82, 2.24) is 10.2 Å². The highest BCUT2D eigenvalue weighted by molar-refractivity contribution is 6.36. The first-order valence-corrected chi connectivity index (χ1v) is 11.7. The van der Waals surface area contributed by atoms with Crippen molar-refractivity contribution in [3.63, 3.8) is 0 Å². The minimum atomic E-state index is -0.616. The van der Waals surface area contributed by atoms with Gasteiger partial charge in [0, 0.05) is 34.6 Å². The molecule has 1 N–H and O–H groups in total. The van der Waals surface area contributed by atoms with Crippen LogP contribution in [0.25, 0.3) is 0 Å². The van der Waals surface area contributed by atoms with Gasteiger partial charge in [0.05, 0.1) is 6.61 Å². The lowest BCUT2D eigenvalue weighted by molar-refractivity contribution is -0.141. The fraction of sp³-hybridized carbons (Fsp3) is 0.440. The van der Waals surface area contributed by atoms with Crippen LogP contribution in [0, 0.1) is 6.92 Å². The zero-order valence-corrected chi connectivity index (χ0v) is 20.7. The second-order valence-corrected chi connectivity index (χ2v) is 8.89. The average molecular weight is 479 g/mol. The third-order valence-electron chi connectivity index (χ3n) is 5.03. The summed E-state index contributed by atoms with van der Waals surface area (Å²) in [4.78, 5) is 27.6. The highest BCUT2D eigenvalue weighted by Crippen LogP contribution is 2.27. The number of nitrogens with one attached hydrogen (secondary N) is 1. The molecule has 0 aliphatic rings. The van der Waals surface area contributed by atoms with Crippen molar-refractivity contribution in [2.24, 2.45) is 0 Å². The van der Waals surface area contributed by atoms with E-state index in [0.717, 1.165) is 11.3 Å². The SMILES string of the molecule is CC[C@H](C(=O)NC(C)C)N(Cc1c(Cl)cccc1Cl)C(=O)CCCOc1ccc(C)cc1. The molecule has 1 atom stereocenters. The molecule has 2 aromatic carbocycles. The Kier molecular flexibility index (Phi) is 10.3. The molecule has 0 saturated carbocycles. The number of halogens is 2. The second kappa shape index (κ2) is 12.7. The molecule has 0 aliphatic carbocycles. The second-order valence-electron chi connectivity index (χ2n) is 8.07. The summed E-state index contributed by atoms with van der Waals surface area (Å²) in [6, 6.07) is 12.4. The summed E-state index contributed by atoms with van der Waals surface area (Å²) >= 11 is 12.7. The standard InChI is InChI=1S/C25H32Cl2N2O3/c1-5-23(25(31)28-17(2)3)29(16-20-21(26)8-6-9-22(20)27)24(30)10-7-15-32-19-13-11-18(4)12-14-19/h6,8-9,11-14,17,23H,5,7,10,15-16H2,1-4H3,(H,28,31)/t23-/m1/s1. The average Bonchev–Trinajstić information content (AvgIpc) is 2.73. The van der Waals surface area contributed by atoms with Gasteiger partial charge in [-0.2, -0.15) is 0 Å². The molecule has 0 saturated heterocycles. The largest absolute Gasteiger partial charge is 0.494 e. The normalized spacial score (nSPS) is 11.8. The van der Waals surface area contributed by atoms with Crippen LogP contribution in [0.1, 0.15) is 51.2 Å². The number of carbonyl (C=O) groups excluding carboxylic acids is 2. The minimum Gasteiger partial charge on any atom is -0.494 e. The van der Waals surface area contributed by atoms with Crippen LogP contribution in [0.2, 0.25) is 10.0 Å². The molecule has 0 unspecified atom stereocenters. The predicted octanol–water partition coefficient (Wildman–Crippen LogP) is 5.79. The van der Waals surface area contributed by atoms with E-state index in [9.17, 15) is 9.59 Å². The molecule has 2 aromatic rings. The molecule has 0 spiro atoms. The van der Waals surface area contributed by atoms with Crippen molar-refractivity contribution in [2.45, 2.75) is 65.6 Å². The van der Waals surface area contributed by atoms with Crippen LogP contribution < -0.4 is 10.1 Å². The molecular weight excluding hydrogens is 447 g/mol. The summed E-state index contributed by atoms with van der Waals surface area (Å²) in [6.07, 6.45) is 1.26. The monoisotopic (exact) mass is 478 g/mol. The zero-order valence-electron chi connectivity index (χ0n) is 19.2. The Labute approximate surface area is 201 Å². The van der Waals surface area contributed by atoms with Crippen molar-refractivity contribution in [3.05, 3.63) is 63.6 Å². The van der Waals surface area contributed by atoms with Gasteiger partial charge in [0.1, 0.15) is 11.8 Å². The van der Waals surface area contributed by atoms with E-state index in [1.165, 1.54) is 0 Å². The van der Waals surface area contributed by atoms with Gasteiger partial charge in [0.15, 0.2) is 0 Å². The van der Waals surface area contributed by atoms with Crippen molar-refractivity contribution in [2.75, 3.05) is 6.61 Å². The van der Waals surface area contributed by atoms with Crippen molar-refractivity contribution < 1.29 is 14.3 Å². The Hall–Kier alpha value is -2.24. The van der Waals surface area contributed by atoms with Crippen LogP contribution >= 0.6 is 23.2 Å². The van der Waals surface area contributed by atoms with E-state index in [-0.39, 0.29) is 30.8 Å². The van der Waals surface area contributed by atoms with Crippen molar-refractivity contribution >= 4 is 35.0 Å². The van der Waals surface area contributed by atoms with Gasteiger partial charge in [-0.1, -0.05) is 53.9 Å². The van der Waals surface area contributed by atoms with E-state index in [0.29, 0.717) is 35.1 Å². The van der Waals surface area contributed by atoms with Gasteiger partial charge in [-0.25, -0.2) is 0 Å². The lowest BCUT2D eigenvalue weighted by atomic mass is 10.1. The molecule has 32 heavy (non-hydrogen) atoms. The fourth-order valence-corrected chi connectivity index (χ4v) is 3.86. The lowest BCUT2D eigenvalue weighted by Gasteiger charge is -2.31. The van der Waals surface area contributed by atoms with Crippen LogP contribution in [-0.2, 0) is 16.1 Å². The lowest BCUT2D eigenvalue weighted by Crippen LogP contribution is -2.50. The van der Waals surface area contributed by atoms with Crippen LogP contribution in [0.4, 0.5) is 0 Å². The Morgan fingerprint density at radius 1 is 1.06 bits per heavy atom. The number of hydrogen-bond donors (Lipinski definition) is 1. The maximum atomic E-state index is 13.2. The van der Waals surface area contributed by atoms with Crippen LogP contribution in [0.3, 0.4) is 0 Å². The third kappa shape index (κ3) is 7.72. The van der Waals surface area contributed by atoms with E-state index < -0.39 is 6.04 Å². The molecule has 2 amide bonds. The number of aryl methyl sites for hydroxylation is 1. The molecule has 0 aliphatic heterocycles.